The van der Waals surface area contributed by atoms with Gasteiger partial charge in [-0.1, -0.05) is 12.1 Å². The third-order valence-corrected chi connectivity index (χ3v) is 5.43. The van der Waals surface area contributed by atoms with E-state index in [1.807, 2.05) is 18.2 Å². The second-order valence-electron chi connectivity index (χ2n) is 7.57. The zero-order valence-corrected chi connectivity index (χ0v) is 16.6. The van der Waals surface area contributed by atoms with Gasteiger partial charge in [-0.25, -0.2) is 9.37 Å². The molecule has 1 aliphatic heterocycles. The number of anilines is 1. The number of hydrogen-bond donors (Lipinski definition) is 1. The van der Waals surface area contributed by atoms with Crippen LogP contribution in [0.15, 0.2) is 48.8 Å². The lowest BCUT2D eigenvalue weighted by Gasteiger charge is -2.32. The van der Waals surface area contributed by atoms with Crippen LogP contribution in [0.4, 0.5) is 10.2 Å². The number of amides is 1. The lowest BCUT2D eigenvalue weighted by Crippen LogP contribution is -2.33. The third kappa shape index (κ3) is 3.99. The maximum Gasteiger partial charge on any atom is 0.254 e. The van der Waals surface area contributed by atoms with E-state index in [4.69, 9.17) is 0 Å². The van der Waals surface area contributed by atoms with Crippen LogP contribution in [0.1, 0.15) is 34.8 Å². The van der Waals surface area contributed by atoms with E-state index in [9.17, 15) is 9.18 Å². The molecule has 0 bridgehead atoms. The highest BCUT2D eigenvalue weighted by Crippen LogP contribution is 2.34. The molecule has 0 spiro atoms. The molecular formula is C22H24FN5O. The van der Waals surface area contributed by atoms with Gasteiger partial charge in [0.2, 0.25) is 0 Å². The minimum atomic E-state index is -0.244. The average molecular weight is 393 g/mol. The van der Waals surface area contributed by atoms with E-state index in [0.717, 1.165) is 48.6 Å². The molecule has 3 aromatic rings. The van der Waals surface area contributed by atoms with Gasteiger partial charge in [-0.3, -0.25) is 9.89 Å². The van der Waals surface area contributed by atoms with Crippen molar-refractivity contribution in [3.63, 3.8) is 0 Å². The minimum Gasteiger partial charge on any atom is -0.357 e. The van der Waals surface area contributed by atoms with Crippen LogP contribution in [0.3, 0.4) is 0 Å². The summed E-state index contributed by atoms with van der Waals surface area (Å²) in [5, 5.41) is 7.34. The largest absolute Gasteiger partial charge is 0.357 e. The number of carbonyl (C=O) groups is 1. The number of H-pyrrole nitrogens is 1. The Balaban J connectivity index is 1.44. The molecule has 1 aliphatic rings. The quantitative estimate of drug-likeness (QED) is 0.734. The maximum absolute atomic E-state index is 13.6. The smallest absolute Gasteiger partial charge is 0.254 e. The first-order chi connectivity index (χ1) is 14.0. The summed E-state index contributed by atoms with van der Waals surface area (Å²) in [6.07, 6.45) is 5.31. The summed E-state index contributed by atoms with van der Waals surface area (Å²) in [5.74, 6) is 0.925. The molecule has 6 nitrogen and oxygen atoms in total. The Hall–Kier alpha value is -3.22. The predicted octanol–water partition coefficient (Wildman–Crippen LogP) is 3.70. The second kappa shape index (κ2) is 8.03. The van der Waals surface area contributed by atoms with E-state index < -0.39 is 0 Å². The Morgan fingerprint density at radius 3 is 2.62 bits per heavy atom. The van der Waals surface area contributed by atoms with Gasteiger partial charge in [0.1, 0.15) is 11.6 Å². The van der Waals surface area contributed by atoms with Crippen molar-refractivity contribution in [2.45, 2.75) is 18.8 Å². The molecule has 1 fully saturated rings. The fourth-order valence-corrected chi connectivity index (χ4v) is 3.85. The molecule has 0 unspecified atom stereocenters. The van der Waals surface area contributed by atoms with Crippen molar-refractivity contribution in [1.29, 1.82) is 0 Å². The summed E-state index contributed by atoms with van der Waals surface area (Å²) in [7, 11) is 3.46. The van der Waals surface area contributed by atoms with Crippen molar-refractivity contribution in [3.8, 4) is 11.1 Å². The Labute approximate surface area is 169 Å². The van der Waals surface area contributed by atoms with Gasteiger partial charge in [0, 0.05) is 50.6 Å². The molecule has 0 saturated carbocycles. The highest BCUT2D eigenvalue weighted by molar-refractivity contribution is 5.93. The zero-order valence-electron chi connectivity index (χ0n) is 16.6. The molecule has 1 aromatic carbocycles. The van der Waals surface area contributed by atoms with Crippen LogP contribution in [-0.2, 0) is 0 Å². The Bertz CT molecular complexity index is 990. The minimum absolute atomic E-state index is 0.0492. The summed E-state index contributed by atoms with van der Waals surface area (Å²) < 4.78 is 13.6. The fourth-order valence-electron chi connectivity index (χ4n) is 3.85. The molecule has 0 atom stereocenters. The highest BCUT2D eigenvalue weighted by atomic mass is 19.1. The van der Waals surface area contributed by atoms with Crippen molar-refractivity contribution >= 4 is 11.7 Å². The standard InChI is InChI=1S/C22H24FN5O/c1-27(2)22(29)17-6-7-20(24-13-17)28-10-8-15(9-11-28)21-19(14-25-26-21)16-4-3-5-18(23)12-16/h3-7,12-15H,8-11H2,1-2H3,(H,25,26). The van der Waals surface area contributed by atoms with Gasteiger partial charge in [0.15, 0.2) is 0 Å². The summed E-state index contributed by atoms with van der Waals surface area (Å²) in [5.41, 5.74) is 3.47. The number of halogens is 1. The van der Waals surface area contributed by atoms with Gasteiger partial charge in [-0.15, -0.1) is 0 Å². The van der Waals surface area contributed by atoms with Gasteiger partial charge in [-0.05, 0) is 42.7 Å². The van der Waals surface area contributed by atoms with Gasteiger partial charge in [-0.2, -0.15) is 5.10 Å². The van der Waals surface area contributed by atoms with E-state index >= 15 is 0 Å². The topological polar surface area (TPSA) is 65.1 Å². The number of aromatic amines is 1. The number of rotatable bonds is 4. The highest BCUT2D eigenvalue weighted by Gasteiger charge is 2.25. The number of nitrogens with one attached hydrogen (secondary N) is 1. The Morgan fingerprint density at radius 2 is 1.97 bits per heavy atom. The normalized spacial score (nSPS) is 14.8. The van der Waals surface area contributed by atoms with Crippen molar-refractivity contribution < 1.29 is 9.18 Å². The van der Waals surface area contributed by atoms with Crippen molar-refractivity contribution in [3.05, 3.63) is 65.9 Å². The van der Waals surface area contributed by atoms with Gasteiger partial charge in [0.25, 0.3) is 5.91 Å². The van der Waals surface area contributed by atoms with Crippen LogP contribution < -0.4 is 4.90 Å². The molecule has 0 aliphatic carbocycles. The second-order valence-corrected chi connectivity index (χ2v) is 7.57. The summed E-state index contributed by atoms with van der Waals surface area (Å²) >= 11 is 0. The summed E-state index contributed by atoms with van der Waals surface area (Å²) in [6, 6.07) is 10.4. The number of piperidine rings is 1. The number of nitrogens with zero attached hydrogens (tertiary/aromatic N) is 4. The van der Waals surface area contributed by atoms with E-state index in [1.54, 1.807) is 43.5 Å². The van der Waals surface area contributed by atoms with Crippen molar-refractivity contribution in [1.82, 2.24) is 20.1 Å². The summed E-state index contributed by atoms with van der Waals surface area (Å²) in [4.78, 5) is 20.3. The molecule has 1 N–H and O–H groups in total. The molecule has 1 amide bonds. The van der Waals surface area contributed by atoms with Crippen LogP contribution in [0, 0.1) is 5.82 Å². The van der Waals surface area contributed by atoms with Crippen molar-refractivity contribution in [2.24, 2.45) is 0 Å². The van der Waals surface area contributed by atoms with Crippen LogP contribution >= 0.6 is 0 Å². The van der Waals surface area contributed by atoms with Gasteiger partial charge >= 0.3 is 0 Å². The monoisotopic (exact) mass is 393 g/mol. The third-order valence-electron chi connectivity index (χ3n) is 5.43. The molecule has 3 heterocycles. The zero-order chi connectivity index (χ0) is 20.4. The summed E-state index contributed by atoms with van der Waals surface area (Å²) in [6.45, 7) is 1.72. The predicted molar refractivity (Wildman–Crippen MR) is 110 cm³/mol. The molecular weight excluding hydrogens is 369 g/mol. The van der Waals surface area contributed by atoms with Crippen LogP contribution in [0.25, 0.3) is 11.1 Å². The van der Waals surface area contributed by atoms with E-state index in [-0.39, 0.29) is 11.7 Å². The Kier molecular flexibility index (Phi) is 5.29. The first kappa shape index (κ1) is 19.1. The number of carbonyl (C=O) groups excluding carboxylic acids is 1. The lowest BCUT2D eigenvalue weighted by molar-refractivity contribution is 0.0827. The van der Waals surface area contributed by atoms with Crippen molar-refractivity contribution in [2.75, 3.05) is 32.1 Å². The van der Waals surface area contributed by atoms with Crippen LogP contribution in [0.5, 0.6) is 0 Å². The average Bonchev–Trinajstić information content (AvgIpc) is 3.23. The Morgan fingerprint density at radius 1 is 1.17 bits per heavy atom. The lowest BCUT2D eigenvalue weighted by atomic mass is 9.89. The molecule has 1 saturated heterocycles. The molecule has 0 radical (unpaired) electrons. The van der Waals surface area contributed by atoms with E-state index in [2.05, 4.69) is 20.1 Å². The number of benzene rings is 1. The van der Waals surface area contributed by atoms with Gasteiger partial charge < -0.3 is 9.80 Å². The molecule has 4 rings (SSSR count). The molecule has 7 heteroatoms. The number of hydrogen-bond acceptors (Lipinski definition) is 4. The maximum atomic E-state index is 13.6. The van der Waals surface area contributed by atoms with E-state index in [1.165, 1.54) is 6.07 Å². The van der Waals surface area contributed by atoms with Gasteiger partial charge in [0.05, 0.1) is 11.8 Å². The SMILES string of the molecule is CN(C)C(=O)c1ccc(N2CCC(c3[nH]ncc3-c3cccc(F)c3)CC2)nc1. The number of aromatic nitrogens is 3. The van der Waals surface area contributed by atoms with E-state index in [0.29, 0.717) is 11.5 Å². The van der Waals surface area contributed by atoms with Crippen LogP contribution in [-0.4, -0.2) is 53.2 Å². The number of pyridine rings is 1. The van der Waals surface area contributed by atoms with Crippen LogP contribution in [0.2, 0.25) is 0 Å². The fraction of sp³-hybridized carbons (Fsp3) is 0.318. The first-order valence-corrected chi connectivity index (χ1v) is 9.75. The molecule has 2 aromatic heterocycles. The molecule has 29 heavy (non-hydrogen) atoms. The first-order valence-electron chi connectivity index (χ1n) is 9.75. The molecule has 150 valence electrons.